The number of carboxylic acid groups (broad SMARTS) is 1. The number of hydrogen-bond acceptors (Lipinski definition) is 6. The van der Waals surface area contributed by atoms with E-state index in [1.54, 1.807) is 11.3 Å². The number of aromatic nitrogens is 1. The van der Waals surface area contributed by atoms with Crippen molar-refractivity contribution in [3.63, 3.8) is 0 Å². The fourth-order valence-corrected chi connectivity index (χ4v) is 3.12. The van der Waals surface area contributed by atoms with E-state index in [4.69, 9.17) is 5.11 Å². The predicted octanol–water partition coefficient (Wildman–Crippen LogP) is 3.17. The molecule has 0 amide bonds. The number of carbonyl (C=O) groups is 1. The zero-order valence-corrected chi connectivity index (χ0v) is 13.0. The van der Waals surface area contributed by atoms with Crippen LogP contribution >= 0.6 is 27.3 Å². The van der Waals surface area contributed by atoms with Gasteiger partial charge in [-0.2, -0.15) is 0 Å². The first-order valence-corrected chi connectivity index (χ1v) is 7.45. The number of nitro groups is 1. The van der Waals surface area contributed by atoms with E-state index in [9.17, 15) is 14.9 Å². The minimum atomic E-state index is -1.23. The first-order chi connectivity index (χ1) is 9.97. The summed E-state index contributed by atoms with van der Waals surface area (Å²) in [6, 6.07) is 6.13. The zero-order chi connectivity index (χ0) is 15.4. The van der Waals surface area contributed by atoms with Crippen molar-refractivity contribution < 1.29 is 14.8 Å². The SMILES string of the molecule is O=C(O)c1ccc([N+](=O)[O-])c(NCCc2ccc(Br)s2)n1. The van der Waals surface area contributed by atoms with Crippen molar-refractivity contribution >= 4 is 44.7 Å². The molecule has 0 fully saturated rings. The molecule has 0 spiro atoms. The van der Waals surface area contributed by atoms with Crippen molar-refractivity contribution in [2.45, 2.75) is 6.42 Å². The lowest BCUT2D eigenvalue weighted by Crippen LogP contribution is -2.10. The maximum absolute atomic E-state index is 10.9. The Morgan fingerprint density at radius 1 is 1.43 bits per heavy atom. The summed E-state index contributed by atoms with van der Waals surface area (Å²) in [6.45, 7) is 0.421. The smallest absolute Gasteiger partial charge is 0.354 e. The van der Waals surface area contributed by atoms with Gasteiger partial charge >= 0.3 is 11.7 Å². The van der Waals surface area contributed by atoms with Gasteiger partial charge in [0.15, 0.2) is 5.69 Å². The Kier molecular flexibility index (Phi) is 4.86. The molecule has 0 aliphatic heterocycles. The quantitative estimate of drug-likeness (QED) is 0.596. The van der Waals surface area contributed by atoms with Gasteiger partial charge in [-0.3, -0.25) is 10.1 Å². The molecular formula is C12H10BrN3O4S. The predicted molar refractivity (Wildman–Crippen MR) is 82.1 cm³/mol. The number of thiophene rings is 1. The van der Waals surface area contributed by atoms with Gasteiger partial charge in [0, 0.05) is 17.5 Å². The molecular weight excluding hydrogens is 362 g/mol. The number of hydrogen-bond donors (Lipinski definition) is 2. The van der Waals surface area contributed by atoms with Crippen molar-refractivity contribution in [1.82, 2.24) is 4.98 Å². The lowest BCUT2D eigenvalue weighted by molar-refractivity contribution is -0.384. The summed E-state index contributed by atoms with van der Waals surface area (Å²) in [5.41, 5.74) is -0.477. The lowest BCUT2D eigenvalue weighted by atomic mass is 10.3. The van der Waals surface area contributed by atoms with Crippen LogP contribution in [0.2, 0.25) is 0 Å². The number of carboxylic acids is 1. The van der Waals surface area contributed by atoms with E-state index in [0.717, 1.165) is 20.8 Å². The minimum Gasteiger partial charge on any atom is -0.477 e. The van der Waals surface area contributed by atoms with Gasteiger partial charge in [-0.25, -0.2) is 9.78 Å². The van der Waals surface area contributed by atoms with Crippen molar-refractivity contribution in [1.29, 1.82) is 0 Å². The second kappa shape index (κ2) is 6.64. The Bertz CT molecular complexity index is 689. The molecule has 0 atom stereocenters. The number of anilines is 1. The molecule has 0 saturated heterocycles. The number of nitrogens with one attached hydrogen (secondary N) is 1. The van der Waals surface area contributed by atoms with E-state index >= 15 is 0 Å². The standard InChI is InChI=1S/C12H10BrN3O4S/c13-10-4-1-7(21-10)5-6-14-11-9(16(19)20)3-2-8(15-11)12(17)18/h1-4H,5-6H2,(H,14,15)(H,17,18). The summed E-state index contributed by atoms with van der Waals surface area (Å²) in [7, 11) is 0. The van der Waals surface area contributed by atoms with E-state index < -0.39 is 10.9 Å². The molecule has 2 N–H and O–H groups in total. The van der Waals surface area contributed by atoms with Crippen LogP contribution in [0.5, 0.6) is 0 Å². The highest BCUT2D eigenvalue weighted by Gasteiger charge is 2.18. The van der Waals surface area contributed by atoms with Crippen LogP contribution in [0, 0.1) is 10.1 Å². The molecule has 0 aliphatic rings. The summed E-state index contributed by atoms with van der Waals surface area (Å²) < 4.78 is 1.01. The van der Waals surface area contributed by atoms with E-state index in [0.29, 0.717) is 13.0 Å². The lowest BCUT2D eigenvalue weighted by Gasteiger charge is -2.06. The number of halogens is 1. The molecule has 21 heavy (non-hydrogen) atoms. The molecule has 0 saturated carbocycles. The number of pyridine rings is 1. The normalized spacial score (nSPS) is 10.3. The second-order valence-corrected chi connectivity index (χ2v) is 6.56. The molecule has 9 heteroatoms. The number of aromatic carboxylic acids is 1. The largest absolute Gasteiger partial charge is 0.477 e. The molecule has 2 aromatic rings. The van der Waals surface area contributed by atoms with Gasteiger partial charge in [-0.05, 0) is 40.5 Å². The number of rotatable bonds is 6. The van der Waals surface area contributed by atoms with Crippen LogP contribution in [0.15, 0.2) is 28.1 Å². The van der Waals surface area contributed by atoms with E-state index in [1.165, 1.54) is 0 Å². The molecule has 2 rings (SSSR count). The summed E-state index contributed by atoms with van der Waals surface area (Å²) in [5, 5.41) is 22.6. The molecule has 0 radical (unpaired) electrons. The molecule has 0 aliphatic carbocycles. The average Bonchev–Trinajstić information content (AvgIpc) is 2.84. The topological polar surface area (TPSA) is 105 Å². The molecule has 110 valence electrons. The Hall–Kier alpha value is -2.00. The van der Waals surface area contributed by atoms with Crippen LogP contribution in [0.4, 0.5) is 11.5 Å². The molecule has 2 heterocycles. The van der Waals surface area contributed by atoms with Gasteiger partial charge in [0.05, 0.1) is 8.71 Å². The average molecular weight is 372 g/mol. The highest BCUT2D eigenvalue weighted by molar-refractivity contribution is 9.11. The van der Waals surface area contributed by atoms with Gasteiger partial charge in [0.25, 0.3) is 0 Å². The Labute approximate surface area is 131 Å². The third-order valence-corrected chi connectivity index (χ3v) is 4.27. The third-order valence-electron chi connectivity index (χ3n) is 2.58. The zero-order valence-electron chi connectivity index (χ0n) is 10.6. The first-order valence-electron chi connectivity index (χ1n) is 5.84. The maximum atomic E-state index is 10.9. The van der Waals surface area contributed by atoms with Crippen molar-refractivity contribution in [3.8, 4) is 0 Å². The fraction of sp³-hybridized carbons (Fsp3) is 0.167. The molecule has 0 bridgehead atoms. The van der Waals surface area contributed by atoms with Crippen LogP contribution in [-0.4, -0.2) is 27.5 Å². The highest BCUT2D eigenvalue weighted by Crippen LogP contribution is 2.24. The Morgan fingerprint density at radius 2 is 2.19 bits per heavy atom. The summed E-state index contributed by atoms with van der Waals surface area (Å²) in [6.07, 6.45) is 0.659. The first kappa shape index (κ1) is 15.4. The summed E-state index contributed by atoms with van der Waals surface area (Å²) >= 11 is 4.93. The van der Waals surface area contributed by atoms with E-state index in [-0.39, 0.29) is 17.2 Å². The van der Waals surface area contributed by atoms with Gasteiger partial charge in [0.2, 0.25) is 5.82 Å². The van der Waals surface area contributed by atoms with E-state index in [1.807, 2.05) is 12.1 Å². The van der Waals surface area contributed by atoms with Gasteiger partial charge < -0.3 is 10.4 Å². The van der Waals surface area contributed by atoms with Gasteiger partial charge in [-0.1, -0.05) is 0 Å². The van der Waals surface area contributed by atoms with Crippen LogP contribution in [0.25, 0.3) is 0 Å². The summed E-state index contributed by atoms with van der Waals surface area (Å²) in [5.74, 6) is -1.26. The van der Waals surface area contributed by atoms with Crippen molar-refractivity contribution in [2.75, 3.05) is 11.9 Å². The summed E-state index contributed by atoms with van der Waals surface area (Å²) in [4.78, 5) is 26.1. The van der Waals surface area contributed by atoms with Gasteiger partial charge in [0.1, 0.15) is 0 Å². The molecule has 0 aromatic carbocycles. The van der Waals surface area contributed by atoms with E-state index in [2.05, 4.69) is 26.2 Å². The number of nitrogens with zero attached hydrogens (tertiary/aromatic N) is 2. The Balaban J connectivity index is 2.11. The van der Waals surface area contributed by atoms with Crippen LogP contribution < -0.4 is 5.32 Å². The highest BCUT2D eigenvalue weighted by atomic mass is 79.9. The van der Waals surface area contributed by atoms with Crippen LogP contribution in [0.3, 0.4) is 0 Å². The molecule has 7 nitrogen and oxygen atoms in total. The van der Waals surface area contributed by atoms with Gasteiger partial charge in [-0.15, -0.1) is 11.3 Å². The molecule has 0 unspecified atom stereocenters. The second-order valence-electron chi connectivity index (χ2n) is 4.01. The van der Waals surface area contributed by atoms with Crippen LogP contribution in [0.1, 0.15) is 15.4 Å². The monoisotopic (exact) mass is 371 g/mol. The minimum absolute atomic E-state index is 0.0319. The van der Waals surface area contributed by atoms with Crippen molar-refractivity contribution in [3.05, 3.63) is 48.7 Å². The third kappa shape index (κ3) is 3.99. The fourth-order valence-electron chi connectivity index (χ4n) is 1.64. The molecule has 2 aromatic heterocycles. The van der Waals surface area contributed by atoms with Crippen LogP contribution in [-0.2, 0) is 6.42 Å². The maximum Gasteiger partial charge on any atom is 0.354 e. The Morgan fingerprint density at radius 3 is 2.76 bits per heavy atom. The van der Waals surface area contributed by atoms with Crippen molar-refractivity contribution in [2.24, 2.45) is 0 Å².